The van der Waals surface area contributed by atoms with Crippen molar-refractivity contribution in [3.63, 3.8) is 0 Å². The highest BCUT2D eigenvalue weighted by molar-refractivity contribution is 6.03. The van der Waals surface area contributed by atoms with Gasteiger partial charge in [-0.1, -0.05) is 35.5 Å². The Morgan fingerprint density at radius 1 is 1.19 bits per heavy atom. The lowest BCUT2D eigenvalue weighted by molar-refractivity contribution is -0.0145. The van der Waals surface area contributed by atoms with Crippen LogP contribution in [-0.4, -0.2) is 23.0 Å². The second kappa shape index (κ2) is 3.91. The van der Waals surface area contributed by atoms with Gasteiger partial charge in [-0.3, -0.25) is 0 Å². The van der Waals surface area contributed by atoms with Crippen LogP contribution in [0, 0.1) is 5.92 Å². The highest BCUT2D eigenvalue weighted by Crippen LogP contribution is 2.34. The standard InChI is InChI=1S/C13H15NO2/c15-10-7-4-8-11-12(10)13(14-16-11)9-5-2-1-3-6-9/h1-3,5-6,10-12,15H,4,7-8H2/t10-,11+,12-/m0/s1. The molecular formula is C13H15NO2. The molecule has 3 rings (SSSR count). The predicted octanol–water partition coefficient (Wildman–Crippen LogP) is 1.95. The number of hydrogen-bond donors (Lipinski definition) is 1. The van der Waals surface area contributed by atoms with E-state index in [0.717, 1.165) is 30.5 Å². The van der Waals surface area contributed by atoms with E-state index in [1.54, 1.807) is 0 Å². The van der Waals surface area contributed by atoms with Crippen molar-refractivity contribution < 1.29 is 9.94 Å². The third-order valence-electron chi connectivity index (χ3n) is 3.48. The van der Waals surface area contributed by atoms with Gasteiger partial charge < -0.3 is 9.94 Å². The molecule has 3 heteroatoms. The van der Waals surface area contributed by atoms with Crippen molar-refractivity contribution in [3.05, 3.63) is 35.9 Å². The van der Waals surface area contributed by atoms with Gasteiger partial charge in [-0.15, -0.1) is 0 Å². The Morgan fingerprint density at radius 2 is 2.00 bits per heavy atom. The van der Waals surface area contributed by atoms with E-state index in [2.05, 4.69) is 5.16 Å². The maximum absolute atomic E-state index is 10.1. The third kappa shape index (κ3) is 1.52. The molecule has 0 amide bonds. The Bertz CT molecular complexity index is 402. The summed E-state index contributed by atoms with van der Waals surface area (Å²) in [7, 11) is 0. The first kappa shape index (κ1) is 9.85. The summed E-state index contributed by atoms with van der Waals surface area (Å²) in [5, 5.41) is 14.2. The van der Waals surface area contributed by atoms with Crippen molar-refractivity contribution in [3.8, 4) is 0 Å². The van der Waals surface area contributed by atoms with Gasteiger partial charge >= 0.3 is 0 Å². The molecule has 3 atom stereocenters. The number of nitrogens with zero attached hydrogens (tertiary/aromatic N) is 1. The SMILES string of the molecule is O[C@H]1CCC[C@H]2ON=C(c3ccccc3)[C@@H]12. The molecule has 1 saturated carbocycles. The maximum Gasteiger partial charge on any atom is 0.138 e. The Balaban J connectivity index is 1.92. The molecule has 16 heavy (non-hydrogen) atoms. The Labute approximate surface area is 94.7 Å². The topological polar surface area (TPSA) is 41.8 Å². The highest BCUT2D eigenvalue weighted by atomic mass is 16.6. The van der Waals surface area contributed by atoms with Gasteiger partial charge in [-0.2, -0.15) is 0 Å². The fraction of sp³-hybridized carbons (Fsp3) is 0.462. The molecule has 0 saturated heterocycles. The number of hydrogen-bond acceptors (Lipinski definition) is 3. The summed E-state index contributed by atoms with van der Waals surface area (Å²) >= 11 is 0. The zero-order valence-corrected chi connectivity index (χ0v) is 9.04. The van der Waals surface area contributed by atoms with Gasteiger partial charge in [-0.05, 0) is 24.8 Å². The fourth-order valence-electron chi connectivity index (χ4n) is 2.65. The molecule has 1 N–H and O–H groups in total. The summed E-state index contributed by atoms with van der Waals surface area (Å²) in [6.07, 6.45) is 2.66. The van der Waals surface area contributed by atoms with Crippen molar-refractivity contribution >= 4 is 5.71 Å². The van der Waals surface area contributed by atoms with Crippen LogP contribution in [0.2, 0.25) is 0 Å². The highest BCUT2D eigenvalue weighted by Gasteiger charge is 2.42. The van der Waals surface area contributed by atoms with Gasteiger partial charge in [0, 0.05) is 0 Å². The lowest BCUT2D eigenvalue weighted by Gasteiger charge is -2.28. The molecule has 1 fully saturated rings. The molecule has 0 radical (unpaired) electrons. The number of benzene rings is 1. The van der Waals surface area contributed by atoms with E-state index < -0.39 is 0 Å². The molecular weight excluding hydrogens is 202 g/mol. The van der Waals surface area contributed by atoms with Gasteiger partial charge in [0.15, 0.2) is 0 Å². The number of aliphatic hydroxyl groups is 1. The summed E-state index contributed by atoms with van der Waals surface area (Å²) in [5.41, 5.74) is 1.98. The van der Waals surface area contributed by atoms with Crippen LogP contribution in [-0.2, 0) is 4.84 Å². The van der Waals surface area contributed by atoms with Gasteiger partial charge in [-0.25, -0.2) is 0 Å². The minimum Gasteiger partial charge on any atom is -0.392 e. The average molecular weight is 217 g/mol. The fourth-order valence-corrected chi connectivity index (χ4v) is 2.65. The number of fused-ring (bicyclic) bond motifs is 1. The van der Waals surface area contributed by atoms with Crippen molar-refractivity contribution in [2.24, 2.45) is 11.1 Å². The molecule has 1 aromatic carbocycles. The van der Waals surface area contributed by atoms with E-state index in [-0.39, 0.29) is 18.1 Å². The molecule has 0 unspecified atom stereocenters. The quantitative estimate of drug-likeness (QED) is 0.781. The van der Waals surface area contributed by atoms with Crippen LogP contribution < -0.4 is 0 Å². The monoisotopic (exact) mass is 217 g/mol. The largest absolute Gasteiger partial charge is 0.392 e. The lowest BCUT2D eigenvalue weighted by Crippen LogP contribution is -2.38. The van der Waals surface area contributed by atoms with Crippen LogP contribution >= 0.6 is 0 Å². The molecule has 0 bridgehead atoms. The Hall–Kier alpha value is -1.35. The minimum absolute atomic E-state index is 0.0659. The van der Waals surface area contributed by atoms with Crippen molar-refractivity contribution in [1.82, 2.24) is 0 Å². The zero-order valence-electron chi connectivity index (χ0n) is 9.04. The van der Waals surface area contributed by atoms with E-state index in [1.165, 1.54) is 0 Å². The van der Waals surface area contributed by atoms with E-state index in [1.807, 2.05) is 30.3 Å². The number of aliphatic hydroxyl groups excluding tert-OH is 1. The summed E-state index contributed by atoms with van der Waals surface area (Å²) in [6.45, 7) is 0. The summed E-state index contributed by atoms with van der Waals surface area (Å²) < 4.78 is 0. The Kier molecular flexibility index (Phi) is 2.40. The number of rotatable bonds is 1. The first-order valence-corrected chi connectivity index (χ1v) is 5.83. The lowest BCUT2D eigenvalue weighted by atomic mass is 9.79. The third-order valence-corrected chi connectivity index (χ3v) is 3.48. The van der Waals surface area contributed by atoms with E-state index >= 15 is 0 Å². The first-order valence-electron chi connectivity index (χ1n) is 5.83. The van der Waals surface area contributed by atoms with Gasteiger partial charge in [0.1, 0.15) is 6.10 Å². The summed E-state index contributed by atoms with van der Waals surface area (Å²) in [5.74, 6) is 0.0659. The van der Waals surface area contributed by atoms with Gasteiger partial charge in [0.25, 0.3) is 0 Å². The molecule has 0 spiro atoms. The van der Waals surface area contributed by atoms with Gasteiger partial charge in [0.2, 0.25) is 0 Å². The first-order chi connectivity index (χ1) is 7.86. The molecule has 0 aromatic heterocycles. The van der Waals surface area contributed by atoms with E-state index in [0.29, 0.717) is 0 Å². The number of oxime groups is 1. The van der Waals surface area contributed by atoms with Crippen LogP contribution in [0.5, 0.6) is 0 Å². The molecule has 1 heterocycles. The second-order valence-electron chi connectivity index (χ2n) is 4.51. The average Bonchev–Trinajstić information content (AvgIpc) is 2.75. The maximum atomic E-state index is 10.1. The molecule has 3 nitrogen and oxygen atoms in total. The molecule has 1 aliphatic carbocycles. The normalized spacial score (nSPS) is 32.8. The van der Waals surface area contributed by atoms with Gasteiger partial charge in [0.05, 0.1) is 17.7 Å². The van der Waals surface area contributed by atoms with Crippen molar-refractivity contribution in [2.45, 2.75) is 31.5 Å². The van der Waals surface area contributed by atoms with Crippen molar-refractivity contribution in [1.29, 1.82) is 0 Å². The summed E-state index contributed by atoms with van der Waals surface area (Å²) in [6, 6.07) is 9.99. The van der Waals surface area contributed by atoms with Crippen molar-refractivity contribution in [2.75, 3.05) is 0 Å². The van der Waals surface area contributed by atoms with Crippen LogP contribution in [0.1, 0.15) is 24.8 Å². The summed E-state index contributed by atoms with van der Waals surface area (Å²) in [4.78, 5) is 5.42. The second-order valence-corrected chi connectivity index (χ2v) is 4.51. The van der Waals surface area contributed by atoms with Crippen LogP contribution in [0.4, 0.5) is 0 Å². The molecule has 2 aliphatic rings. The van der Waals surface area contributed by atoms with Crippen LogP contribution in [0.3, 0.4) is 0 Å². The predicted molar refractivity (Wildman–Crippen MR) is 61.2 cm³/mol. The van der Waals surface area contributed by atoms with E-state index in [4.69, 9.17) is 4.84 Å². The Morgan fingerprint density at radius 3 is 2.81 bits per heavy atom. The molecule has 1 aliphatic heterocycles. The zero-order chi connectivity index (χ0) is 11.0. The van der Waals surface area contributed by atoms with Crippen LogP contribution in [0.25, 0.3) is 0 Å². The molecule has 84 valence electrons. The minimum atomic E-state index is -0.305. The van der Waals surface area contributed by atoms with Crippen LogP contribution in [0.15, 0.2) is 35.5 Å². The molecule has 1 aromatic rings. The smallest absolute Gasteiger partial charge is 0.138 e. The van der Waals surface area contributed by atoms with E-state index in [9.17, 15) is 5.11 Å².